The molecule has 0 heterocycles. The van der Waals surface area contributed by atoms with Gasteiger partial charge in [0, 0.05) is 18.7 Å². The molecule has 0 aliphatic carbocycles. The lowest BCUT2D eigenvalue weighted by Gasteiger charge is -2.18. The molecule has 0 fully saturated rings. The predicted octanol–water partition coefficient (Wildman–Crippen LogP) is 1.21. The van der Waals surface area contributed by atoms with Crippen LogP contribution in [0.3, 0.4) is 0 Å². The zero-order valence-electron chi connectivity index (χ0n) is 10.2. The van der Waals surface area contributed by atoms with Crippen LogP contribution in [0.4, 0.5) is 4.39 Å². The molecule has 1 unspecified atom stereocenters. The summed E-state index contributed by atoms with van der Waals surface area (Å²) in [6.45, 7) is 2.52. The summed E-state index contributed by atoms with van der Waals surface area (Å²) in [6.07, 6.45) is 0. The minimum absolute atomic E-state index is 0.0617. The summed E-state index contributed by atoms with van der Waals surface area (Å²) in [4.78, 5) is 13.6. The summed E-state index contributed by atoms with van der Waals surface area (Å²) in [7, 11) is 3.79. The van der Waals surface area contributed by atoms with Crippen LogP contribution in [0, 0.1) is 5.82 Å². The maximum Gasteiger partial charge on any atom is 0.254 e. The van der Waals surface area contributed by atoms with Gasteiger partial charge in [-0.05, 0) is 33.2 Å². The summed E-state index contributed by atoms with van der Waals surface area (Å²) < 4.78 is 13.4. The molecule has 2 N–H and O–H groups in total. The van der Waals surface area contributed by atoms with Gasteiger partial charge in [-0.25, -0.2) is 4.39 Å². The lowest BCUT2D eigenvalue weighted by molar-refractivity contribution is 0.0930. The number of benzene rings is 1. The number of hydrogen-bond donors (Lipinski definition) is 2. The van der Waals surface area contributed by atoms with Crippen LogP contribution in [-0.4, -0.2) is 42.6 Å². The summed E-state index contributed by atoms with van der Waals surface area (Å²) in [5.74, 6) is -1.39. The summed E-state index contributed by atoms with van der Waals surface area (Å²) in [5.41, 5.74) is -0.0617. The first-order valence-corrected chi connectivity index (χ1v) is 5.34. The molecule has 4 nitrogen and oxygen atoms in total. The monoisotopic (exact) mass is 240 g/mol. The molecule has 1 aromatic rings. The maximum absolute atomic E-state index is 13.4. The summed E-state index contributed by atoms with van der Waals surface area (Å²) >= 11 is 0. The number of likely N-dealkylation sites (N-methyl/N-ethyl adjacent to an activating group) is 1. The van der Waals surface area contributed by atoms with E-state index >= 15 is 0 Å². The van der Waals surface area contributed by atoms with Crippen LogP contribution in [0.1, 0.15) is 17.3 Å². The van der Waals surface area contributed by atoms with Crippen molar-refractivity contribution in [3.63, 3.8) is 0 Å². The second-order valence-electron chi connectivity index (χ2n) is 4.30. The van der Waals surface area contributed by atoms with Crippen molar-refractivity contribution in [1.29, 1.82) is 0 Å². The standard InChI is InChI=1S/C12H17FN2O2/c1-8(7-15(2)3)14-12(17)10-5-4-9(16)6-11(10)13/h4-6,8,16H,7H2,1-3H3,(H,14,17). The molecule has 0 aromatic heterocycles. The summed E-state index contributed by atoms with van der Waals surface area (Å²) in [5, 5.41) is 11.7. The molecule has 0 bridgehead atoms. The first-order valence-electron chi connectivity index (χ1n) is 5.34. The highest BCUT2D eigenvalue weighted by Gasteiger charge is 2.14. The van der Waals surface area contributed by atoms with E-state index in [-0.39, 0.29) is 17.4 Å². The molecule has 0 radical (unpaired) electrons. The molecule has 17 heavy (non-hydrogen) atoms. The van der Waals surface area contributed by atoms with Crippen molar-refractivity contribution in [1.82, 2.24) is 10.2 Å². The molecular formula is C12H17FN2O2. The highest BCUT2D eigenvalue weighted by atomic mass is 19.1. The third-order valence-corrected chi connectivity index (χ3v) is 2.21. The van der Waals surface area contributed by atoms with Crippen molar-refractivity contribution in [3.8, 4) is 5.75 Å². The number of nitrogens with one attached hydrogen (secondary N) is 1. The zero-order chi connectivity index (χ0) is 13.0. The number of phenolic OH excluding ortho intramolecular Hbond substituents is 1. The Hall–Kier alpha value is -1.62. The molecule has 1 amide bonds. The van der Waals surface area contributed by atoms with E-state index in [9.17, 15) is 9.18 Å². The van der Waals surface area contributed by atoms with Crippen LogP contribution in [0.2, 0.25) is 0 Å². The van der Waals surface area contributed by atoms with Crippen LogP contribution >= 0.6 is 0 Å². The molecule has 1 aromatic carbocycles. The second-order valence-corrected chi connectivity index (χ2v) is 4.30. The second kappa shape index (κ2) is 5.63. The highest BCUT2D eigenvalue weighted by molar-refractivity contribution is 5.94. The van der Waals surface area contributed by atoms with Crippen molar-refractivity contribution >= 4 is 5.91 Å². The molecular weight excluding hydrogens is 223 g/mol. The third kappa shape index (κ3) is 4.03. The van der Waals surface area contributed by atoms with Gasteiger partial charge in [-0.15, -0.1) is 0 Å². The van der Waals surface area contributed by atoms with Gasteiger partial charge < -0.3 is 15.3 Å². The number of amides is 1. The number of carbonyl (C=O) groups excluding carboxylic acids is 1. The largest absolute Gasteiger partial charge is 0.508 e. The van der Waals surface area contributed by atoms with Gasteiger partial charge in [-0.1, -0.05) is 0 Å². The van der Waals surface area contributed by atoms with E-state index in [1.54, 1.807) is 0 Å². The minimum atomic E-state index is -0.723. The SMILES string of the molecule is CC(CN(C)C)NC(=O)c1ccc(O)cc1F. The van der Waals surface area contributed by atoms with Crippen molar-refractivity contribution < 1.29 is 14.3 Å². The zero-order valence-corrected chi connectivity index (χ0v) is 10.2. The first kappa shape index (κ1) is 13.4. The molecule has 1 rings (SSSR count). The van der Waals surface area contributed by atoms with Gasteiger partial charge in [0.15, 0.2) is 0 Å². The quantitative estimate of drug-likeness (QED) is 0.831. The van der Waals surface area contributed by atoms with Gasteiger partial charge in [-0.2, -0.15) is 0 Å². The van der Waals surface area contributed by atoms with Crippen molar-refractivity contribution in [3.05, 3.63) is 29.6 Å². The predicted molar refractivity (Wildman–Crippen MR) is 63.5 cm³/mol. The highest BCUT2D eigenvalue weighted by Crippen LogP contribution is 2.14. The van der Waals surface area contributed by atoms with Gasteiger partial charge in [0.2, 0.25) is 0 Å². The average molecular weight is 240 g/mol. The Labute approximate surface area is 100 Å². The number of carbonyl (C=O) groups is 1. The number of nitrogens with zero attached hydrogens (tertiary/aromatic N) is 1. The van der Waals surface area contributed by atoms with Crippen molar-refractivity contribution in [2.45, 2.75) is 13.0 Å². The Morgan fingerprint density at radius 1 is 1.53 bits per heavy atom. The van der Waals surface area contributed by atoms with Crippen LogP contribution in [0.15, 0.2) is 18.2 Å². The number of rotatable bonds is 4. The average Bonchev–Trinajstić information content (AvgIpc) is 2.15. The number of halogens is 1. The molecule has 1 atom stereocenters. The van der Waals surface area contributed by atoms with E-state index < -0.39 is 11.7 Å². The number of hydrogen-bond acceptors (Lipinski definition) is 3. The van der Waals surface area contributed by atoms with Crippen LogP contribution in [0.5, 0.6) is 5.75 Å². The topological polar surface area (TPSA) is 52.6 Å². The van der Waals surface area contributed by atoms with E-state index in [1.807, 2.05) is 25.9 Å². The van der Waals surface area contributed by atoms with Crippen LogP contribution in [0.25, 0.3) is 0 Å². The van der Waals surface area contributed by atoms with Crippen LogP contribution in [-0.2, 0) is 0 Å². The smallest absolute Gasteiger partial charge is 0.254 e. The Morgan fingerprint density at radius 3 is 2.71 bits per heavy atom. The van der Waals surface area contributed by atoms with E-state index in [2.05, 4.69) is 5.32 Å². The fourth-order valence-electron chi connectivity index (χ4n) is 1.58. The Bertz CT molecular complexity index is 407. The number of aromatic hydroxyl groups is 1. The third-order valence-electron chi connectivity index (χ3n) is 2.21. The molecule has 0 saturated carbocycles. The molecule has 5 heteroatoms. The normalized spacial score (nSPS) is 12.5. The van der Waals surface area contributed by atoms with Gasteiger partial charge in [0.05, 0.1) is 5.56 Å². The van der Waals surface area contributed by atoms with Crippen molar-refractivity contribution in [2.24, 2.45) is 0 Å². The molecule has 0 spiro atoms. The number of phenols is 1. The Balaban J connectivity index is 2.70. The van der Waals surface area contributed by atoms with E-state index in [4.69, 9.17) is 5.11 Å². The van der Waals surface area contributed by atoms with Gasteiger partial charge in [0.25, 0.3) is 5.91 Å². The fourth-order valence-corrected chi connectivity index (χ4v) is 1.58. The lowest BCUT2D eigenvalue weighted by Crippen LogP contribution is -2.39. The van der Waals surface area contributed by atoms with E-state index in [0.717, 1.165) is 6.07 Å². The molecule has 0 aliphatic heterocycles. The van der Waals surface area contributed by atoms with Gasteiger partial charge >= 0.3 is 0 Å². The first-order chi connectivity index (χ1) is 7.90. The Kier molecular flexibility index (Phi) is 4.45. The van der Waals surface area contributed by atoms with Crippen molar-refractivity contribution in [2.75, 3.05) is 20.6 Å². The molecule has 0 aliphatic rings. The van der Waals surface area contributed by atoms with Crippen LogP contribution < -0.4 is 5.32 Å². The van der Waals surface area contributed by atoms with Gasteiger partial charge in [-0.3, -0.25) is 4.79 Å². The molecule has 0 saturated heterocycles. The molecule has 94 valence electrons. The van der Waals surface area contributed by atoms with E-state index in [1.165, 1.54) is 12.1 Å². The minimum Gasteiger partial charge on any atom is -0.508 e. The fraction of sp³-hybridized carbons (Fsp3) is 0.417. The van der Waals surface area contributed by atoms with Gasteiger partial charge in [0.1, 0.15) is 11.6 Å². The van der Waals surface area contributed by atoms with E-state index in [0.29, 0.717) is 6.54 Å². The Morgan fingerprint density at radius 2 is 2.18 bits per heavy atom. The maximum atomic E-state index is 13.4. The lowest BCUT2D eigenvalue weighted by atomic mass is 10.1. The summed E-state index contributed by atoms with van der Waals surface area (Å²) in [6, 6.07) is 3.40.